The Morgan fingerprint density at radius 1 is 1.16 bits per heavy atom. The van der Waals surface area contributed by atoms with Crippen molar-refractivity contribution < 1.29 is 19.1 Å². The third-order valence-corrected chi connectivity index (χ3v) is 5.86. The Labute approximate surface area is 217 Å². The van der Waals surface area contributed by atoms with Crippen LogP contribution in [0.15, 0.2) is 42.9 Å². The maximum absolute atomic E-state index is 12.7. The highest BCUT2D eigenvalue weighted by Crippen LogP contribution is 2.27. The molecule has 0 spiro atoms. The van der Waals surface area contributed by atoms with Gasteiger partial charge in [-0.3, -0.25) is 4.68 Å². The quantitative estimate of drug-likeness (QED) is 0.486. The Morgan fingerprint density at radius 2 is 1.95 bits per heavy atom. The predicted molar refractivity (Wildman–Crippen MR) is 140 cm³/mol. The number of carbonyl (C=O) groups excluding carboxylic acids is 2. The number of benzene rings is 1. The second-order valence-corrected chi connectivity index (χ2v) is 10.1. The molecule has 1 atom stereocenters. The van der Waals surface area contributed by atoms with Crippen molar-refractivity contribution in [2.75, 3.05) is 25.0 Å². The highest BCUT2D eigenvalue weighted by molar-refractivity contribution is 5.94. The van der Waals surface area contributed by atoms with Gasteiger partial charge in [-0.05, 0) is 52.2 Å². The molecule has 0 radical (unpaired) electrons. The van der Waals surface area contributed by atoms with Gasteiger partial charge in [-0.25, -0.2) is 19.6 Å². The minimum Gasteiger partial charge on any atom is -0.462 e. The monoisotopic (exact) mass is 506 g/mol. The van der Waals surface area contributed by atoms with E-state index in [0.29, 0.717) is 24.7 Å². The first kappa shape index (κ1) is 26.1. The smallest absolute Gasteiger partial charge is 0.410 e. The lowest BCUT2D eigenvalue weighted by atomic mass is 10.1. The highest BCUT2D eigenvalue weighted by atomic mass is 16.6. The Morgan fingerprint density at radius 3 is 2.65 bits per heavy atom. The summed E-state index contributed by atoms with van der Waals surface area (Å²) in [6, 6.07) is 7.74. The molecule has 3 aromatic rings. The number of aryl methyl sites for hydroxylation is 1. The molecule has 1 amide bonds. The number of aromatic nitrogens is 4. The molecule has 1 fully saturated rings. The molecule has 3 heterocycles. The molecule has 1 unspecified atom stereocenters. The summed E-state index contributed by atoms with van der Waals surface area (Å²) in [6.07, 6.45) is 6.51. The van der Waals surface area contributed by atoms with Gasteiger partial charge >= 0.3 is 12.1 Å². The van der Waals surface area contributed by atoms with Crippen molar-refractivity contribution in [3.63, 3.8) is 0 Å². The first-order valence-electron chi connectivity index (χ1n) is 12.5. The third-order valence-electron chi connectivity index (χ3n) is 5.86. The van der Waals surface area contributed by atoms with Gasteiger partial charge in [-0.15, -0.1) is 0 Å². The Kier molecular flexibility index (Phi) is 7.75. The summed E-state index contributed by atoms with van der Waals surface area (Å²) in [5.41, 5.74) is 2.46. The van der Waals surface area contributed by atoms with Crippen LogP contribution in [0.1, 0.15) is 50.9 Å². The van der Waals surface area contributed by atoms with E-state index in [4.69, 9.17) is 14.5 Å². The summed E-state index contributed by atoms with van der Waals surface area (Å²) >= 11 is 0. The van der Waals surface area contributed by atoms with Crippen LogP contribution in [0.2, 0.25) is 0 Å². The second-order valence-electron chi connectivity index (χ2n) is 10.1. The molecular formula is C27H34N6O4. The van der Waals surface area contributed by atoms with Crippen LogP contribution in [0.4, 0.5) is 10.6 Å². The lowest BCUT2D eigenvalue weighted by molar-refractivity contribution is 0.0205. The molecule has 1 aliphatic heterocycles. The van der Waals surface area contributed by atoms with Gasteiger partial charge < -0.3 is 19.7 Å². The Balaban J connectivity index is 1.61. The average Bonchev–Trinajstić information content (AvgIpc) is 3.30. The van der Waals surface area contributed by atoms with E-state index in [-0.39, 0.29) is 24.3 Å². The maximum atomic E-state index is 12.7. The molecule has 1 aromatic carbocycles. The molecule has 0 aliphatic carbocycles. The Hall–Kier alpha value is -3.95. The molecule has 0 bridgehead atoms. The number of hydrogen-bond acceptors (Lipinski definition) is 8. The van der Waals surface area contributed by atoms with Crippen molar-refractivity contribution in [2.45, 2.75) is 52.2 Å². The number of piperidine rings is 1. The maximum Gasteiger partial charge on any atom is 0.410 e. The standard InChI is InChI=1S/C27H34N6O4/c1-6-36-25(34)22-15-28-23(19-10-7-9-18(13-19)20-14-29-32(5)16-20)31-24(22)30-21-11-8-12-33(17-21)26(35)37-27(2,3)4/h7,9-10,13-16,21H,6,8,11-12,17H2,1-5H3,(H,28,30,31). The minimum absolute atomic E-state index is 0.112. The second kappa shape index (κ2) is 11.0. The number of nitrogens with one attached hydrogen (secondary N) is 1. The summed E-state index contributed by atoms with van der Waals surface area (Å²) in [4.78, 5) is 36.2. The molecular weight excluding hydrogens is 472 g/mol. The van der Waals surface area contributed by atoms with E-state index in [0.717, 1.165) is 29.5 Å². The molecule has 4 rings (SSSR count). The van der Waals surface area contributed by atoms with Crippen molar-refractivity contribution in [3.05, 3.63) is 48.4 Å². The fourth-order valence-electron chi connectivity index (χ4n) is 4.18. The van der Waals surface area contributed by atoms with E-state index in [9.17, 15) is 9.59 Å². The SMILES string of the molecule is CCOC(=O)c1cnc(-c2cccc(-c3cnn(C)c3)c2)nc1NC1CCCN(C(=O)OC(C)(C)C)C1. The number of hydrogen-bond donors (Lipinski definition) is 1. The molecule has 196 valence electrons. The van der Waals surface area contributed by atoms with Gasteiger partial charge in [0.2, 0.25) is 0 Å². The zero-order valence-corrected chi connectivity index (χ0v) is 22.0. The fraction of sp³-hybridized carbons (Fsp3) is 0.444. The molecule has 1 saturated heterocycles. The molecule has 1 N–H and O–H groups in total. The first-order valence-corrected chi connectivity index (χ1v) is 12.5. The summed E-state index contributed by atoms with van der Waals surface area (Å²) in [5, 5.41) is 7.63. The van der Waals surface area contributed by atoms with Gasteiger partial charge in [0.15, 0.2) is 5.82 Å². The number of rotatable bonds is 6. The summed E-state index contributed by atoms with van der Waals surface area (Å²) in [5.74, 6) is 0.354. The fourth-order valence-corrected chi connectivity index (χ4v) is 4.18. The van der Waals surface area contributed by atoms with Crippen molar-refractivity contribution in [1.29, 1.82) is 0 Å². The lowest BCUT2D eigenvalue weighted by Crippen LogP contribution is -2.47. The summed E-state index contributed by atoms with van der Waals surface area (Å²) < 4.78 is 12.5. The minimum atomic E-state index is -0.569. The molecule has 10 heteroatoms. The van der Waals surface area contributed by atoms with E-state index >= 15 is 0 Å². The van der Waals surface area contributed by atoms with E-state index < -0.39 is 11.6 Å². The largest absolute Gasteiger partial charge is 0.462 e. The lowest BCUT2D eigenvalue weighted by Gasteiger charge is -2.34. The number of amides is 1. The topological polar surface area (TPSA) is 111 Å². The van der Waals surface area contributed by atoms with Gasteiger partial charge in [-0.2, -0.15) is 5.10 Å². The van der Waals surface area contributed by atoms with E-state index in [1.165, 1.54) is 6.20 Å². The molecule has 1 aliphatic rings. The number of anilines is 1. The van der Waals surface area contributed by atoms with Gasteiger partial charge in [-0.1, -0.05) is 18.2 Å². The Bertz CT molecular complexity index is 1270. The van der Waals surface area contributed by atoms with Crippen LogP contribution >= 0.6 is 0 Å². The van der Waals surface area contributed by atoms with Crippen LogP contribution < -0.4 is 5.32 Å². The van der Waals surface area contributed by atoms with Gasteiger partial charge in [0.1, 0.15) is 17.0 Å². The number of esters is 1. The van der Waals surface area contributed by atoms with E-state index in [1.807, 2.05) is 58.3 Å². The van der Waals surface area contributed by atoms with E-state index in [1.54, 1.807) is 22.7 Å². The third kappa shape index (κ3) is 6.63. The first-order chi connectivity index (χ1) is 17.6. The van der Waals surface area contributed by atoms with Crippen LogP contribution in [0.25, 0.3) is 22.5 Å². The number of ether oxygens (including phenoxy) is 2. The zero-order valence-electron chi connectivity index (χ0n) is 22.0. The van der Waals surface area contributed by atoms with Crippen molar-refractivity contribution >= 4 is 17.9 Å². The summed E-state index contributed by atoms with van der Waals surface area (Å²) in [6.45, 7) is 8.60. The number of carbonyl (C=O) groups is 2. The van der Waals surface area contributed by atoms with Crippen LogP contribution in [-0.2, 0) is 16.5 Å². The zero-order chi connectivity index (χ0) is 26.6. The van der Waals surface area contributed by atoms with Gasteiger partial charge in [0, 0.05) is 49.7 Å². The normalized spacial score (nSPS) is 15.8. The predicted octanol–water partition coefficient (Wildman–Crippen LogP) is 4.53. The van der Waals surface area contributed by atoms with Gasteiger partial charge in [0.05, 0.1) is 12.8 Å². The molecule has 2 aromatic heterocycles. The number of nitrogens with zero attached hydrogens (tertiary/aromatic N) is 5. The number of likely N-dealkylation sites (tertiary alicyclic amines) is 1. The van der Waals surface area contributed by atoms with Crippen molar-refractivity contribution in [2.24, 2.45) is 7.05 Å². The average molecular weight is 507 g/mol. The molecule has 0 saturated carbocycles. The van der Waals surface area contributed by atoms with Crippen molar-refractivity contribution in [1.82, 2.24) is 24.6 Å². The highest BCUT2D eigenvalue weighted by Gasteiger charge is 2.29. The molecule has 10 nitrogen and oxygen atoms in total. The van der Waals surface area contributed by atoms with E-state index in [2.05, 4.69) is 15.4 Å². The van der Waals surface area contributed by atoms with Gasteiger partial charge in [0.25, 0.3) is 0 Å². The van der Waals surface area contributed by atoms with Crippen LogP contribution in [-0.4, -0.2) is 68.1 Å². The van der Waals surface area contributed by atoms with Crippen molar-refractivity contribution in [3.8, 4) is 22.5 Å². The van der Waals surface area contributed by atoms with Crippen LogP contribution in [0.3, 0.4) is 0 Å². The summed E-state index contributed by atoms with van der Waals surface area (Å²) in [7, 11) is 1.87. The van der Waals surface area contributed by atoms with Crippen LogP contribution in [0, 0.1) is 0 Å². The molecule has 37 heavy (non-hydrogen) atoms. The van der Waals surface area contributed by atoms with Crippen LogP contribution in [0.5, 0.6) is 0 Å².